The summed E-state index contributed by atoms with van der Waals surface area (Å²) < 4.78 is 0.709. The van der Waals surface area contributed by atoms with Gasteiger partial charge in [-0.15, -0.1) is 0 Å². The van der Waals surface area contributed by atoms with Crippen molar-refractivity contribution in [2.24, 2.45) is 0 Å². The summed E-state index contributed by atoms with van der Waals surface area (Å²) >= 11 is 15.5. The van der Waals surface area contributed by atoms with Gasteiger partial charge in [0, 0.05) is 10.2 Å². The van der Waals surface area contributed by atoms with Crippen LogP contribution >= 0.6 is 39.1 Å². The Morgan fingerprint density at radius 3 is 2.43 bits per heavy atom. The number of para-hydroxylation sites is 1. The Balaban J connectivity index is 2.06. The zero-order valence-corrected chi connectivity index (χ0v) is 14.3. The normalized spacial score (nSPS) is 11.8. The van der Waals surface area contributed by atoms with E-state index in [4.69, 9.17) is 23.2 Å². The van der Waals surface area contributed by atoms with Crippen LogP contribution in [0, 0.1) is 0 Å². The van der Waals surface area contributed by atoms with Crippen LogP contribution in [0.25, 0.3) is 0 Å². The zero-order valence-electron chi connectivity index (χ0n) is 11.2. The number of benzene rings is 2. The minimum atomic E-state index is -0.458. The van der Waals surface area contributed by atoms with Crippen molar-refractivity contribution in [1.82, 2.24) is 0 Å². The second kappa shape index (κ2) is 7.16. The topological polar surface area (TPSA) is 41.1 Å². The van der Waals surface area contributed by atoms with E-state index in [-0.39, 0.29) is 5.91 Å². The molecule has 110 valence electrons. The van der Waals surface area contributed by atoms with E-state index >= 15 is 0 Å². The molecule has 2 N–H and O–H groups in total. The smallest absolute Gasteiger partial charge is 0.246 e. The van der Waals surface area contributed by atoms with E-state index < -0.39 is 6.04 Å². The number of halogens is 3. The van der Waals surface area contributed by atoms with Crippen molar-refractivity contribution < 1.29 is 4.79 Å². The van der Waals surface area contributed by atoms with Gasteiger partial charge in [0.2, 0.25) is 5.91 Å². The molecule has 6 heteroatoms. The summed E-state index contributed by atoms with van der Waals surface area (Å²) in [6, 6.07) is 12.4. The third-order valence-electron chi connectivity index (χ3n) is 2.84. The third-order valence-corrected chi connectivity index (χ3v) is 4.61. The molecule has 2 aromatic carbocycles. The van der Waals surface area contributed by atoms with E-state index in [0.29, 0.717) is 20.2 Å². The number of rotatable bonds is 4. The van der Waals surface area contributed by atoms with Crippen molar-refractivity contribution in [3.05, 3.63) is 57.0 Å². The Morgan fingerprint density at radius 2 is 1.76 bits per heavy atom. The molecule has 0 fully saturated rings. The molecule has 0 spiro atoms. The predicted molar refractivity (Wildman–Crippen MR) is 92.3 cm³/mol. The van der Waals surface area contributed by atoms with Crippen molar-refractivity contribution in [1.29, 1.82) is 0 Å². The summed E-state index contributed by atoms with van der Waals surface area (Å²) in [7, 11) is 0. The average molecular weight is 388 g/mol. The van der Waals surface area contributed by atoms with Crippen LogP contribution in [0.3, 0.4) is 0 Å². The number of carbonyl (C=O) groups excluding carboxylic acids is 1. The first-order valence-corrected chi connectivity index (χ1v) is 7.80. The lowest BCUT2D eigenvalue weighted by Gasteiger charge is -2.17. The minimum absolute atomic E-state index is 0.156. The van der Waals surface area contributed by atoms with E-state index in [1.165, 1.54) is 0 Å². The quantitative estimate of drug-likeness (QED) is 0.708. The van der Waals surface area contributed by atoms with Crippen LogP contribution in [0.15, 0.2) is 46.9 Å². The highest BCUT2D eigenvalue weighted by Crippen LogP contribution is 2.36. The highest BCUT2D eigenvalue weighted by Gasteiger charge is 2.16. The molecule has 0 aliphatic heterocycles. The van der Waals surface area contributed by atoms with E-state index in [9.17, 15) is 4.79 Å². The molecular formula is C15H13BrCl2N2O. The number of amides is 1. The number of nitrogens with one attached hydrogen (secondary N) is 2. The Kier molecular flexibility index (Phi) is 5.51. The standard InChI is InChI=1S/C15H13BrCl2N2O/c1-9(15(21)20-10-5-3-2-4-6-10)19-12-8-7-11(16)13(17)14(12)18/h2-9,19H,1H3,(H,20,21). The van der Waals surface area contributed by atoms with Gasteiger partial charge in [0.15, 0.2) is 0 Å². The van der Waals surface area contributed by atoms with E-state index in [1.807, 2.05) is 30.3 Å². The predicted octanol–water partition coefficient (Wildman–Crippen LogP) is 5.20. The molecule has 0 aromatic heterocycles. The van der Waals surface area contributed by atoms with Gasteiger partial charge in [-0.1, -0.05) is 41.4 Å². The zero-order chi connectivity index (χ0) is 15.4. The van der Waals surface area contributed by atoms with Crippen molar-refractivity contribution >= 4 is 56.4 Å². The van der Waals surface area contributed by atoms with Crippen molar-refractivity contribution in [2.45, 2.75) is 13.0 Å². The van der Waals surface area contributed by atoms with E-state index in [1.54, 1.807) is 19.1 Å². The monoisotopic (exact) mass is 386 g/mol. The van der Waals surface area contributed by atoms with E-state index in [0.717, 1.165) is 5.69 Å². The van der Waals surface area contributed by atoms with E-state index in [2.05, 4.69) is 26.6 Å². The van der Waals surface area contributed by atoms with Gasteiger partial charge in [0.1, 0.15) is 6.04 Å². The van der Waals surface area contributed by atoms with Crippen molar-refractivity contribution in [3.8, 4) is 0 Å². The van der Waals surface area contributed by atoms with Gasteiger partial charge in [-0.3, -0.25) is 4.79 Å². The second-order valence-electron chi connectivity index (χ2n) is 4.44. The van der Waals surface area contributed by atoms with Gasteiger partial charge >= 0.3 is 0 Å². The van der Waals surface area contributed by atoms with Gasteiger partial charge in [-0.05, 0) is 47.1 Å². The van der Waals surface area contributed by atoms with Crippen molar-refractivity contribution in [2.75, 3.05) is 10.6 Å². The molecule has 0 saturated heterocycles. The van der Waals surface area contributed by atoms with Crippen molar-refractivity contribution in [3.63, 3.8) is 0 Å². The third kappa shape index (κ3) is 4.13. The fourth-order valence-corrected chi connectivity index (χ4v) is 2.54. The molecule has 2 rings (SSSR count). The Bertz CT molecular complexity index is 650. The van der Waals surface area contributed by atoms with Gasteiger partial charge in [0.05, 0.1) is 15.7 Å². The minimum Gasteiger partial charge on any atom is -0.373 e. The fraction of sp³-hybridized carbons (Fsp3) is 0.133. The van der Waals surface area contributed by atoms with Crippen LogP contribution < -0.4 is 10.6 Å². The maximum absolute atomic E-state index is 12.1. The number of hydrogen-bond acceptors (Lipinski definition) is 2. The molecule has 0 bridgehead atoms. The van der Waals surface area contributed by atoms with Crippen LogP contribution in [-0.4, -0.2) is 11.9 Å². The van der Waals surface area contributed by atoms with Gasteiger partial charge in [-0.25, -0.2) is 0 Å². The SMILES string of the molecule is CC(Nc1ccc(Br)c(Cl)c1Cl)C(=O)Nc1ccccc1. The van der Waals surface area contributed by atoms with Crippen LogP contribution in [0.2, 0.25) is 10.0 Å². The Hall–Kier alpha value is -1.23. The first-order chi connectivity index (χ1) is 9.99. The molecule has 0 aliphatic rings. The van der Waals surface area contributed by atoms with Crippen LogP contribution in [-0.2, 0) is 4.79 Å². The van der Waals surface area contributed by atoms with Gasteiger partial charge in [0.25, 0.3) is 0 Å². The molecule has 21 heavy (non-hydrogen) atoms. The second-order valence-corrected chi connectivity index (χ2v) is 6.05. The summed E-state index contributed by atoms with van der Waals surface area (Å²) in [6.07, 6.45) is 0. The Morgan fingerprint density at radius 1 is 1.10 bits per heavy atom. The maximum atomic E-state index is 12.1. The number of anilines is 2. The lowest BCUT2D eigenvalue weighted by molar-refractivity contribution is -0.116. The number of hydrogen-bond donors (Lipinski definition) is 2. The molecule has 0 saturated carbocycles. The summed E-state index contributed by atoms with van der Waals surface area (Å²) in [5.41, 5.74) is 1.36. The highest BCUT2D eigenvalue weighted by atomic mass is 79.9. The summed E-state index contributed by atoms with van der Waals surface area (Å²) in [5.74, 6) is -0.156. The largest absolute Gasteiger partial charge is 0.373 e. The summed E-state index contributed by atoms with van der Waals surface area (Å²) in [6.45, 7) is 1.75. The molecule has 2 aromatic rings. The molecular weight excluding hydrogens is 375 g/mol. The molecule has 1 unspecified atom stereocenters. The fourth-order valence-electron chi connectivity index (χ4n) is 1.71. The molecule has 0 heterocycles. The summed E-state index contributed by atoms with van der Waals surface area (Å²) in [5, 5.41) is 6.66. The molecule has 1 atom stereocenters. The average Bonchev–Trinajstić information content (AvgIpc) is 2.48. The Labute approximate surface area is 141 Å². The lowest BCUT2D eigenvalue weighted by atomic mass is 10.2. The molecule has 0 radical (unpaired) electrons. The molecule has 1 amide bonds. The van der Waals surface area contributed by atoms with Crippen LogP contribution in [0.1, 0.15) is 6.92 Å². The van der Waals surface area contributed by atoms with Gasteiger partial charge < -0.3 is 10.6 Å². The number of carbonyl (C=O) groups is 1. The van der Waals surface area contributed by atoms with Crippen LogP contribution in [0.5, 0.6) is 0 Å². The van der Waals surface area contributed by atoms with Gasteiger partial charge in [-0.2, -0.15) is 0 Å². The first-order valence-electron chi connectivity index (χ1n) is 6.25. The van der Waals surface area contributed by atoms with Crippen LogP contribution in [0.4, 0.5) is 11.4 Å². The molecule has 3 nitrogen and oxygen atoms in total. The maximum Gasteiger partial charge on any atom is 0.246 e. The lowest BCUT2D eigenvalue weighted by Crippen LogP contribution is -2.31. The summed E-state index contributed by atoms with van der Waals surface area (Å²) in [4.78, 5) is 12.1. The first kappa shape index (κ1) is 16.1. The molecule has 0 aliphatic carbocycles. The highest BCUT2D eigenvalue weighted by molar-refractivity contribution is 9.10.